The van der Waals surface area contributed by atoms with Gasteiger partial charge < -0.3 is 10.2 Å². The van der Waals surface area contributed by atoms with E-state index in [0.29, 0.717) is 13.1 Å². The molecule has 3 aromatic rings. The number of rotatable bonds is 7. The first-order chi connectivity index (χ1) is 13.7. The molecule has 2 amide bonds. The number of hydrogen-bond acceptors (Lipinski definition) is 3. The Morgan fingerprint density at radius 1 is 1.04 bits per heavy atom. The number of benzene rings is 2. The first kappa shape index (κ1) is 18.4. The van der Waals surface area contributed by atoms with E-state index in [2.05, 4.69) is 17.4 Å². The zero-order valence-electron chi connectivity index (χ0n) is 15.5. The molecule has 1 aliphatic rings. The summed E-state index contributed by atoms with van der Waals surface area (Å²) in [7, 11) is 0. The number of nitrogens with zero attached hydrogens (tertiary/aromatic N) is 1. The highest BCUT2D eigenvalue weighted by molar-refractivity contribution is 7.10. The minimum Gasteiger partial charge on any atom is -0.356 e. The number of amides is 2. The molecule has 28 heavy (non-hydrogen) atoms. The molecule has 4 nitrogen and oxygen atoms in total. The highest BCUT2D eigenvalue weighted by atomic mass is 32.1. The molecule has 2 heterocycles. The highest BCUT2D eigenvalue weighted by Gasteiger charge is 2.34. The summed E-state index contributed by atoms with van der Waals surface area (Å²) in [5, 5.41) is 5.00. The van der Waals surface area contributed by atoms with Gasteiger partial charge in [-0.15, -0.1) is 11.3 Å². The third-order valence-electron chi connectivity index (χ3n) is 5.05. The molecule has 0 radical (unpaired) electrons. The second kappa shape index (κ2) is 8.40. The Balaban J connectivity index is 1.43. The third kappa shape index (κ3) is 3.99. The van der Waals surface area contributed by atoms with Crippen molar-refractivity contribution in [3.05, 3.63) is 93.7 Å². The van der Waals surface area contributed by atoms with Crippen LogP contribution in [0.4, 0.5) is 0 Å². The normalized spacial score (nSPS) is 14.0. The Morgan fingerprint density at radius 2 is 1.82 bits per heavy atom. The maximum Gasteiger partial charge on any atom is 0.255 e. The average Bonchev–Trinajstić information content (AvgIpc) is 3.36. The van der Waals surface area contributed by atoms with Crippen molar-refractivity contribution >= 4 is 23.2 Å². The molecule has 1 aliphatic heterocycles. The third-order valence-corrected chi connectivity index (χ3v) is 6.03. The van der Waals surface area contributed by atoms with Crippen LogP contribution < -0.4 is 5.32 Å². The molecule has 0 fully saturated rings. The zero-order valence-corrected chi connectivity index (χ0v) is 16.3. The van der Waals surface area contributed by atoms with E-state index in [9.17, 15) is 9.59 Å². The Kier molecular flexibility index (Phi) is 5.53. The maximum absolute atomic E-state index is 12.9. The number of thiophene rings is 1. The molecule has 1 aromatic heterocycles. The van der Waals surface area contributed by atoms with Crippen LogP contribution in [0.25, 0.3) is 0 Å². The quantitative estimate of drug-likeness (QED) is 0.657. The lowest BCUT2D eigenvalue weighted by Gasteiger charge is -2.26. The molecule has 4 rings (SSSR count). The zero-order chi connectivity index (χ0) is 19.3. The van der Waals surface area contributed by atoms with Crippen LogP contribution in [-0.2, 0) is 17.8 Å². The molecule has 0 saturated heterocycles. The summed E-state index contributed by atoms with van der Waals surface area (Å²) in [5.74, 6) is -0.0239. The summed E-state index contributed by atoms with van der Waals surface area (Å²) in [6.07, 6.45) is 1.07. The summed E-state index contributed by atoms with van der Waals surface area (Å²) >= 11 is 1.59. The van der Waals surface area contributed by atoms with Crippen molar-refractivity contribution in [2.45, 2.75) is 25.4 Å². The Labute approximate surface area is 168 Å². The van der Waals surface area contributed by atoms with Crippen LogP contribution in [-0.4, -0.2) is 23.3 Å². The van der Waals surface area contributed by atoms with Gasteiger partial charge in [0.25, 0.3) is 5.91 Å². The van der Waals surface area contributed by atoms with Crippen molar-refractivity contribution in [3.63, 3.8) is 0 Å². The van der Waals surface area contributed by atoms with E-state index in [1.54, 1.807) is 11.3 Å². The number of carbonyl (C=O) groups is 2. The van der Waals surface area contributed by atoms with Crippen LogP contribution >= 0.6 is 11.3 Å². The first-order valence-electron chi connectivity index (χ1n) is 9.45. The molecule has 1 N–H and O–H groups in total. The fraction of sp³-hybridized carbons (Fsp3) is 0.217. The SMILES string of the molecule is O=C(C[C@@H](c1cccs1)N1Cc2ccccc2C1=O)NCCc1ccccc1. The summed E-state index contributed by atoms with van der Waals surface area (Å²) < 4.78 is 0. The number of carbonyl (C=O) groups excluding carboxylic acids is 2. The highest BCUT2D eigenvalue weighted by Crippen LogP contribution is 2.35. The Bertz CT molecular complexity index is 954. The van der Waals surface area contributed by atoms with Gasteiger partial charge in [-0.05, 0) is 35.1 Å². The Morgan fingerprint density at radius 3 is 2.57 bits per heavy atom. The molecule has 0 aliphatic carbocycles. The number of nitrogens with one attached hydrogen (secondary N) is 1. The molecular weight excluding hydrogens is 368 g/mol. The van der Waals surface area contributed by atoms with Gasteiger partial charge >= 0.3 is 0 Å². The summed E-state index contributed by atoms with van der Waals surface area (Å²) in [6, 6.07) is 21.5. The van der Waals surface area contributed by atoms with Crippen LogP contribution in [0.3, 0.4) is 0 Å². The van der Waals surface area contributed by atoms with Crippen molar-refractivity contribution in [2.75, 3.05) is 6.54 Å². The molecule has 0 bridgehead atoms. The summed E-state index contributed by atoms with van der Waals surface area (Å²) in [5.41, 5.74) is 2.97. The molecule has 5 heteroatoms. The largest absolute Gasteiger partial charge is 0.356 e. The lowest BCUT2D eigenvalue weighted by molar-refractivity contribution is -0.122. The Hall–Kier alpha value is -2.92. The summed E-state index contributed by atoms with van der Waals surface area (Å²) in [4.78, 5) is 28.4. The monoisotopic (exact) mass is 390 g/mol. The lowest BCUT2D eigenvalue weighted by atomic mass is 10.1. The minimum atomic E-state index is -0.239. The van der Waals surface area contributed by atoms with Gasteiger partial charge in [0, 0.05) is 23.5 Å². The van der Waals surface area contributed by atoms with E-state index in [4.69, 9.17) is 0 Å². The van der Waals surface area contributed by atoms with E-state index in [1.807, 2.05) is 64.9 Å². The van der Waals surface area contributed by atoms with Crippen molar-refractivity contribution in [3.8, 4) is 0 Å². The number of hydrogen-bond donors (Lipinski definition) is 1. The van der Waals surface area contributed by atoms with Crippen molar-refractivity contribution in [2.24, 2.45) is 0 Å². The molecule has 142 valence electrons. The molecule has 1 atom stereocenters. The predicted octanol–water partition coefficient (Wildman–Crippen LogP) is 4.19. The maximum atomic E-state index is 12.9. The standard InChI is InChI=1S/C23H22N2O2S/c26-22(24-13-12-17-7-2-1-3-8-17)15-20(21-11-6-14-28-21)25-16-18-9-4-5-10-19(18)23(25)27/h1-11,14,20H,12-13,15-16H2,(H,24,26)/t20-/m0/s1. The smallest absolute Gasteiger partial charge is 0.255 e. The van der Waals surface area contributed by atoms with Crippen LogP contribution in [0, 0.1) is 0 Å². The van der Waals surface area contributed by atoms with Gasteiger partial charge in [-0.25, -0.2) is 0 Å². The predicted molar refractivity (Wildman–Crippen MR) is 111 cm³/mol. The van der Waals surface area contributed by atoms with Crippen molar-refractivity contribution in [1.82, 2.24) is 10.2 Å². The molecule has 2 aromatic carbocycles. The van der Waals surface area contributed by atoms with Crippen LogP contribution in [0.2, 0.25) is 0 Å². The van der Waals surface area contributed by atoms with Gasteiger partial charge in [-0.3, -0.25) is 9.59 Å². The minimum absolute atomic E-state index is 0.00563. The van der Waals surface area contributed by atoms with Gasteiger partial charge in [0.05, 0.1) is 12.5 Å². The molecule has 0 spiro atoms. The van der Waals surface area contributed by atoms with Crippen LogP contribution in [0.1, 0.15) is 38.8 Å². The van der Waals surface area contributed by atoms with E-state index in [1.165, 1.54) is 5.56 Å². The fourth-order valence-corrected chi connectivity index (χ4v) is 4.45. The van der Waals surface area contributed by atoms with Crippen molar-refractivity contribution in [1.29, 1.82) is 0 Å². The summed E-state index contributed by atoms with van der Waals surface area (Å²) in [6.45, 7) is 1.14. The fourth-order valence-electron chi connectivity index (χ4n) is 3.61. The van der Waals surface area contributed by atoms with E-state index < -0.39 is 0 Å². The second-order valence-electron chi connectivity index (χ2n) is 6.91. The van der Waals surface area contributed by atoms with Gasteiger partial charge in [0.1, 0.15) is 0 Å². The van der Waals surface area contributed by atoms with Crippen LogP contribution in [0.15, 0.2) is 72.1 Å². The van der Waals surface area contributed by atoms with E-state index in [-0.39, 0.29) is 24.3 Å². The van der Waals surface area contributed by atoms with E-state index >= 15 is 0 Å². The molecular formula is C23H22N2O2S. The van der Waals surface area contributed by atoms with Gasteiger partial charge in [0.15, 0.2) is 0 Å². The topological polar surface area (TPSA) is 49.4 Å². The number of fused-ring (bicyclic) bond motifs is 1. The first-order valence-corrected chi connectivity index (χ1v) is 10.3. The molecule has 0 saturated carbocycles. The second-order valence-corrected chi connectivity index (χ2v) is 7.89. The van der Waals surface area contributed by atoms with Gasteiger partial charge in [-0.2, -0.15) is 0 Å². The lowest BCUT2D eigenvalue weighted by Crippen LogP contribution is -2.34. The van der Waals surface area contributed by atoms with Gasteiger partial charge in [-0.1, -0.05) is 54.6 Å². The molecule has 0 unspecified atom stereocenters. The van der Waals surface area contributed by atoms with Crippen LogP contribution in [0.5, 0.6) is 0 Å². The van der Waals surface area contributed by atoms with Gasteiger partial charge in [0.2, 0.25) is 5.91 Å². The van der Waals surface area contributed by atoms with Crippen molar-refractivity contribution < 1.29 is 9.59 Å². The van der Waals surface area contributed by atoms with E-state index in [0.717, 1.165) is 22.4 Å². The average molecular weight is 391 g/mol.